The SMILES string of the molecule is Brc1cc2c(cc1[C@H](C1CCCCC1)N1CCNCC1)OCO2.Cl.Cl. The normalized spacial score (nSPS) is 22.0. The molecule has 3 aliphatic rings. The van der Waals surface area contributed by atoms with Gasteiger partial charge in [-0.25, -0.2) is 0 Å². The number of hydrogen-bond acceptors (Lipinski definition) is 4. The lowest BCUT2D eigenvalue weighted by molar-refractivity contribution is 0.103. The molecule has 25 heavy (non-hydrogen) atoms. The van der Waals surface area contributed by atoms with Gasteiger partial charge < -0.3 is 14.8 Å². The third-order valence-corrected chi connectivity index (χ3v) is 6.14. The Kier molecular flexibility index (Phi) is 8.15. The van der Waals surface area contributed by atoms with Gasteiger partial charge in [-0.1, -0.05) is 35.2 Å². The first-order chi connectivity index (χ1) is 11.3. The van der Waals surface area contributed by atoms with Crippen LogP contribution in [-0.2, 0) is 0 Å². The van der Waals surface area contributed by atoms with Crippen molar-refractivity contribution < 1.29 is 9.47 Å². The molecule has 1 saturated heterocycles. The molecule has 1 aromatic rings. The van der Waals surface area contributed by atoms with E-state index in [4.69, 9.17) is 9.47 Å². The molecule has 1 saturated carbocycles. The van der Waals surface area contributed by atoms with Gasteiger partial charge in [0.2, 0.25) is 6.79 Å². The Hall–Kier alpha value is -0.200. The molecule has 0 amide bonds. The first kappa shape index (κ1) is 21.1. The number of ether oxygens (including phenoxy) is 2. The average Bonchev–Trinajstić information content (AvgIpc) is 3.04. The van der Waals surface area contributed by atoms with Gasteiger partial charge in [-0.05, 0) is 36.5 Å². The van der Waals surface area contributed by atoms with Crippen LogP contribution < -0.4 is 14.8 Å². The maximum Gasteiger partial charge on any atom is 0.231 e. The predicted molar refractivity (Wildman–Crippen MR) is 109 cm³/mol. The van der Waals surface area contributed by atoms with Crippen LogP contribution in [0.25, 0.3) is 0 Å². The number of nitrogens with one attached hydrogen (secondary N) is 1. The van der Waals surface area contributed by atoms with Crippen molar-refractivity contribution in [2.24, 2.45) is 5.92 Å². The number of benzene rings is 1. The van der Waals surface area contributed by atoms with Crippen molar-refractivity contribution in [3.8, 4) is 11.5 Å². The van der Waals surface area contributed by atoms with Crippen LogP contribution in [0.4, 0.5) is 0 Å². The summed E-state index contributed by atoms with van der Waals surface area (Å²) in [4.78, 5) is 2.68. The Morgan fingerprint density at radius 2 is 1.64 bits per heavy atom. The van der Waals surface area contributed by atoms with E-state index in [-0.39, 0.29) is 24.8 Å². The van der Waals surface area contributed by atoms with Crippen LogP contribution in [0, 0.1) is 5.92 Å². The topological polar surface area (TPSA) is 33.7 Å². The molecule has 0 unspecified atom stereocenters. The van der Waals surface area contributed by atoms with E-state index < -0.39 is 0 Å². The molecule has 0 spiro atoms. The van der Waals surface area contributed by atoms with Crippen molar-refractivity contribution in [3.63, 3.8) is 0 Å². The molecule has 2 fully saturated rings. The molecular weight excluding hydrogens is 427 g/mol. The lowest BCUT2D eigenvalue weighted by atomic mass is 9.80. The Balaban J connectivity index is 0.00000113. The maximum absolute atomic E-state index is 5.65. The molecule has 2 aliphatic heterocycles. The van der Waals surface area contributed by atoms with Crippen molar-refractivity contribution in [1.29, 1.82) is 0 Å². The highest BCUT2D eigenvalue weighted by Gasteiger charge is 2.33. The molecule has 1 N–H and O–H groups in total. The van der Waals surface area contributed by atoms with Crippen molar-refractivity contribution >= 4 is 40.7 Å². The van der Waals surface area contributed by atoms with Crippen LogP contribution in [0.1, 0.15) is 43.7 Å². The molecule has 0 aromatic heterocycles. The Bertz CT molecular complexity index is 546. The minimum atomic E-state index is 0. The van der Waals surface area contributed by atoms with Gasteiger partial charge >= 0.3 is 0 Å². The molecule has 4 nitrogen and oxygen atoms in total. The van der Waals surface area contributed by atoms with Crippen LogP contribution in [0.15, 0.2) is 16.6 Å². The molecule has 2 heterocycles. The number of nitrogens with zero attached hydrogens (tertiary/aromatic N) is 1. The third kappa shape index (κ3) is 4.56. The second kappa shape index (κ2) is 9.65. The second-order valence-corrected chi connectivity index (χ2v) is 7.71. The monoisotopic (exact) mass is 452 g/mol. The van der Waals surface area contributed by atoms with E-state index in [0.717, 1.165) is 48.1 Å². The zero-order valence-corrected chi connectivity index (χ0v) is 17.6. The largest absolute Gasteiger partial charge is 0.454 e. The summed E-state index contributed by atoms with van der Waals surface area (Å²) in [5.41, 5.74) is 1.38. The highest BCUT2D eigenvalue weighted by atomic mass is 79.9. The summed E-state index contributed by atoms with van der Waals surface area (Å²) in [6.07, 6.45) is 6.82. The van der Waals surface area contributed by atoms with Crippen LogP contribution in [0.2, 0.25) is 0 Å². The summed E-state index contributed by atoms with van der Waals surface area (Å²) in [6.45, 7) is 4.77. The minimum absolute atomic E-state index is 0. The Morgan fingerprint density at radius 1 is 1.00 bits per heavy atom. The number of hydrogen-bond donors (Lipinski definition) is 1. The smallest absolute Gasteiger partial charge is 0.231 e. The summed E-state index contributed by atoms with van der Waals surface area (Å²) < 4.78 is 12.3. The lowest BCUT2D eigenvalue weighted by Crippen LogP contribution is -2.47. The third-order valence-electron chi connectivity index (χ3n) is 5.45. The number of piperazine rings is 1. The quantitative estimate of drug-likeness (QED) is 0.727. The van der Waals surface area contributed by atoms with Gasteiger partial charge in [0.05, 0.1) is 0 Å². The van der Waals surface area contributed by atoms with Gasteiger partial charge in [-0.3, -0.25) is 4.90 Å². The van der Waals surface area contributed by atoms with E-state index in [2.05, 4.69) is 38.3 Å². The van der Waals surface area contributed by atoms with Gasteiger partial charge in [0.25, 0.3) is 0 Å². The van der Waals surface area contributed by atoms with Gasteiger partial charge in [0, 0.05) is 36.7 Å². The van der Waals surface area contributed by atoms with Crippen molar-refractivity contribution in [2.45, 2.75) is 38.1 Å². The second-order valence-electron chi connectivity index (χ2n) is 6.86. The summed E-state index contributed by atoms with van der Waals surface area (Å²) in [7, 11) is 0. The summed E-state index contributed by atoms with van der Waals surface area (Å²) in [6, 6.07) is 4.80. The number of halogens is 3. The van der Waals surface area contributed by atoms with Crippen LogP contribution in [-0.4, -0.2) is 37.9 Å². The molecule has 1 atom stereocenters. The number of fused-ring (bicyclic) bond motifs is 1. The van der Waals surface area contributed by atoms with E-state index in [1.807, 2.05) is 0 Å². The minimum Gasteiger partial charge on any atom is -0.454 e. The summed E-state index contributed by atoms with van der Waals surface area (Å²) in [5, 5.41) is 3.48. The fourth-order valence-electron chi connectivity index (χ4n) is 4.32. The number of rotatable bonds is 3. The maximum atomic E-state index is 5.65. The van der Waals surface area contributed by atoms with Gasteiger partial charge in [0.15, 0.2) is 11.5 Å². The summed E-state index contributed by atoms with van der Waals surface area (Å²) in [5.74, 6) is 2.51. The molecule has 0 radical (unpaired) electrons. The standard InChI is InChI=1S/C18H25BrN2O2.2ClH/c19-15-11-17-16(22-12-23-17)10-14(15)18(13-4-2-1-3-5-13)21-8-6-20-7-9-21;;/h10-11,13,18,20H,1-9,12H2;2*1H/t18-;;/m0../s1. The van der Waals surface area contributed by atoms with Gasteiger partial charge in [-0.2, -0.15) is 0 Å². The average molecular weight is 454 g/mol. The van der Waals surface area contributed by atoms with E-state index in [0.29, 0.717) is 12.8 Å². The highest BCUT2D eigenvalue weighted by Crippen LogP contribution is 2.45. The highest BCUT2D eigenvalue weighted by molar-refractivity contribution is 9.10. The molecule has 1 aliphatic carbocycles. The van der Waals surface area contributed by atoms with E-state index in [9.17, 15) is 0 Å². The fourth-order valence-corrected chi connectivity index (χ4v) is 4.88. The van der Waals surface area contributed by atoms with Crippen LogP contribution >= 0.6 is 40.7 Å². The van der Waals surface area contributed by atoms with E-state index >= 15 is 0 Å². The van der Waals surface area contributed by atoms with Crippen molar-refractivity contribution in [3.05, 3.63) is 22.2 Å². The molecule has 1 aromatic carbocycles. The zero-order chi connectivity index (χ0) is 15.6. The van der Waals surface area contributed by atoms with Crippen LogP contribution in [0.3, 0.4) is 0 Å². The molecule has 0 bridgehead atoms. The molecule has 142 valence electrons. The lowest BCUT2D eigenvalue weighted by Gasteiger charge is -2.41. The van der Waals surface area contributed by atoms with Crippen molar-refractivity contribution in [1.82, 2.24) is 10.2 Å². The predicted octanol–water partition coefficient (Wildman–Crippen LogP) is 4.55. The van der Waals surface area contributed by atoms with E-state index in [1.54, 1.807) is 0 Å². The Labute approximate surface area is 171 Å². The fraction of sp³-hybridized carbons (Fsp3) is 0.667. The Morgan fingerprint density at radius 3 is 2.32 bits per heavy atom. The van der Waals surface area contributed by atoms with E-state index in [1.165, 1.54) is 37.7 Å². The van der Waals surface area contributed by atoms with Gasteiger partial charge in [-0.15, -0.1) is 24.8 Å². The molecular formula is C18H27BrCl2N2O2. The zero-order valence-electron chi connectivity index (χ0n) is 14.3. The van der Waals surface area contributed by atoms with Crippen molar-refractivity contribution in [2.75, 3.05) is 33.0 Å². The molecule has 4 rings (SSSR count). The summed E-state index contributed by atoms with van der Waals surface area (Å²) >= 11 is 3.81. The first-order valence-corrected chi connectivity index (χ1v) is 9.66. The molecule has 7 heteroatoms. The van der Waals surface area contributed by atoms with Crippen LogP contribution in [0.5, 0.6) is 11.5 Å². The van der Waals surface area contributed by atoms with Gasteiger partial charge in [0.1, 0.15) is 0 Å². The first-order valence-electron chi connectivity index (χ1n) is 8.87.